The first-order valence-corrected chi connectivity index (χ1v) is 15.1. The van der Waals surface area contributed by atoms with E-state index in [1.165, 1.54) is 28.5 Å². The van der Waals surface area contributed by atoms with Gasteiger partial charge in [-0.3, -0.25) is 0 Å². The van der Waals surface area contributed by atoms with E-state index < -0.39 is 5.41 Å². The van der Waals surface area contributed by atoms with Crippen LogP contribution in [0.5, 0.6) is 11.5 Å². The van der Waals surface area contributed by atoms with Crippen molar-refractivity contribution in [2.24, 2.45) is 0 Å². The minimum atomic E-state index is -0.485. The van der Waals surface area contributed by atoms with Gasteiger partial charge < -0.3 is 9.47 Å². The van der Waals surface area contributed by atoms with Crippen LogP contribution in [0.4, 0.5) is 0 Å². The summed E-state index contributed by atoms with van der Waals surface area (Å²) in [6, 6.07) is 57.4. The van der Waals surface area contributed by atoms with Crippen molar-refractivity contribution in [1.29, 1.82) is 0 Å². The highest BCUT2D eigenvalue weighted by Gasteiger charge is 2.38. The lowest BCUT2D eigenvalue weighted by Crippen LogP contribution is -2.30. The van der Waals surface area contributed by atoms with Crippen molar-refractivity contribution in [1.82, 2.24) is 0 Å². The van der Waals surface area contributed by atoms with Crippen molar-refractivity contribution in [3.63, 3.8) is 0 Å². The highest BCUT2D eigenvalue weighted by atomic mass is 16.5. The Morgan fingerprint density at radius 1 is 0.467 bits per heavy atom. The van der Waals surface area contributed by atoms with E-state index in [0.717, 1.165) is 38.6 Å². The molecule has 0 saturated carbocycles. The van der Waals surface area contributed by atoms with Crippen LogP contribution in [0.3, 0.4) is 0 Å². The van der Waals surface area contributed by atoms with Gasteiger partial charge in [-0.25, -0.2) is 0 Å². The van der Waals surface area contributed by atoms with Crippen LogP contribution >= 0.6 is 0 Å². The molecular formula is C43H32O2. The maximum atomic E-state index is 6.12. The molecule has 0 unspecified atom stereocenters. The number of rotatable bonds is 9. The van der Waals surface area contributed by atoms with Gasteiger partial charge in [0.1, 0.15) is 11.5 Å². The van der Waals surface area contributed by atoms with Gasteiger partial charge in [0.15, 0.2) is 0 Å². The van der Waals surface area contributed by atoms with Gasteiger partial charge in [-0.2, -0.15) is 0 Å². The van der Waals surface area contributed by atoms with Crippen LogP contribution in [0.15, 0.2) is 183 Å². The zero-order valence-electron chi connectivity index (χ0n) is 24.8. The standard InChI is InChI=1S/C43H32O2/c1-2-44-42-40-21-13-12-14-33(40)31-34-30-32(22-27-41(34)42)28-29-45-39-25-23-38(24-26-39)43(35-15-6-3-7-16-35,36-17-8-4-9-18-36)37-19-10-5-11-20-37/h2-31H,1H2/b29-28+. The summed E-state index contributed by atoms with van der Waals surface area (Å²) in [6.45, 7) is 3.77. The third kappa shape index (κ3) is 5.28. The monoisotopic (exact) mass is 580 g/mol. The van der Waals surface area contributed by atoms with Crippen molar-refractivity contribution in [2.75, 3.05) is 0 Å². The average molecular weight is 581 g/mol. The zero-order chi connectivity index (χ0) is 30.5. The lowest BCUT2D eigenvalue weighted by atomic mass is 9.65. The minimum Gasteiger partial charge on any atom is -0.465 e. The summed E-state index contributed by atoms with van der Waals surface area (Å²) in [7, 11) is 0. The van der Waals surface area contributed by atoms with E-state index in [9.17, 15) is 0 Å². The molecule has 7 rings (SSSR count). The van der Waals surface area contributed by atoms with Gasteiger partial charge in [0.25, 0.3) is 0 Å². The predicted octanol–water partition coefficient (Wildman–Crippen LogP) is 10.9. The maximum absolute atomic E-state index is 6.12. The molecule has 0 fully saturated rings. The molecular weight excluding hydrogens is 548 g/mol. The predicted molar refractivity (Wildman–Crippen MR) is 187 cm³/mol. The van der Waals surface area contributed by atoms with Crippen molar-refractivity contribution in [2.45, 2.75) is 5.41 Å². The quantitative estimate of drug-likeness (QED) is 0.0961. The molecule has 7 aromatic carbocycles. The van der Waals surface area contributed by atoms with E-state index in [0.29, 0.717) is 0 Å². The Morgan fingerprint density at radius 2 is 1.00 bits per heavy atom. The summed E-state index contributed by atoms with van der Waals surface area (Å²) in [5.74, 6) is 1.59. The largest absolute Gasteiger partial charge is 0.465 e. The van der Waals surface area contributed by atoms with E-state index in [4.69, 9.17) is 9.47 Å². The highest BCUT2D eigenvalue weighted by molar-refractivity contribution is 6.05. The molecule has 0 spiro atoms. The molecule has 0 saturated heterocycles. The molecule has 45 heavy (non-hydrogen) atoms. The highest BCUT2D eigenvalue weighted by Crippen LogP contribution is 2.45. The number of ether oxygens (including phenoxy) is 2. The molecule has 216 valence electrons. The Morgan fingerprint density at radius 3 is 1.60 bits per heavy atom. The normalized spacial score (nSPS) is 11.6. The van der Waals surface area contributed by atoms with Crippen LogP contribution in [-0.2, 0) is 5.41 Å². The molecule has 0 aliphatic carbocycles. The van der Waals surface area contributed by atoms with Gasteiger partial charge in [-0.1, -0.05) is 146 Å². The Kier molecular flexibility index (Phi) is 7.70. The van der Waals surface area contributed by atoms with Gasteiger partial charge in [0, 0.05) is 10.8 Å². The second kappa shape index (κ2) is 12.4. The lowest BCUT2D eigenvalue weighted by molar-refractivity contribution is 0.484. The topological polar surface area (TPSA) is 18.5 Å². The van der Waals surface area contributed by atoms with Crippen molar-refractivity contribution in [3.8, 4) is 11.5 Å². The lowest BCUT2D eigenvalue weighted by Gasteiger charge is -2.36. The Hall–Kier alpha value is -5.86. The molecule has 2 heteroatoms. The third-order valence-electron chi connectivity index (χ3n) is 8.41. The second-order valence-corrected chi connectivity index (χ2v) is 11.0. The average Bonchev–Trinajstić information content (AvgIpc) is 3.10. The molecule has 0 N–H and O–H groups in total. The molecule has 0 heterocycles. The Bertz CT molecular complexity index is 2000. The number of fused-ring (bicyclic) bond motifs is 2. The molecule has 0 amide bonds. The molecule has 2 nitrogen and oxygen atoms in total. The van der Waals surface area contributed by atoms with Crippen LogP contribution < -0.4 is 9.47 Å². The Balaban J connectivity index is 1.21. The molecule has 7 aromatic rings. The van der Waals surface area contributed by atoms with Crippen LogP contribution in [-0.4, -0.2) is 0 Å². The van der Waals surface area contributed by atoms with Gasteiger partial charge in [-0.15, -0.1) is 0 Å². The summed E-state index contributed by atoms with van der Waals surface area (Å²) in [4.78, 5) is 0. The van der Waals surface area contributed by atoms with Crippen LogP contribution in [0.2, 0.25) is 0 Å². The maximum Gasteiger partial charge on any atom is 0.142 e. The molecule has 0 atom stereocenters. The summed E-state index contributed by atoms with van der Waals surface area (Å²) < 4.78 is 12.0. The van der Waals surface area contributed by atoms with Crippen molar-refractivity contribution < 1.29 is 9.47 Å². The van der Waals surface area contributed by atoms with Crippen LogP contribution in [0.1, 0.15) is 27.8 Å². The van der Waals surface area contributed by atoms with E-state index in [-0.39, 0.29) is 0 Å². The fourth-order valence-electron chi connectivity index (χ4n) is 6.40. The fraction of sp³-hybridized carbons (Fsp3) is 0.0233. The fourth-order valence-corrected chi connectivity index (χ4v) is 6.40. The summed E-state index contributed by atoms with van der Waals surface area (Å²) in [6.07, 6.45) is 5.22. The SMILES string of the molecule is C=COc1c2ccccc2cc2cc(/C=C/Oc3ccc(C(c4ccccc4)(c4ccccc4)c4ccccc4)cc3)ccc12. The first-order valence-electron chi connectivity index (χ1n) is 15.1. The summed E-state index contributed by atoms with van der Waals surface area (Å²) >= 11 is 0. The Labute approximate surface area is 264 Å². The number of hydrogen-bond acceptors (Lipinski definition) is 2. The van der Waals surface area contributed by atoms with Gasteiger partial charge in [0.2, 0.25) is 0 Å². The van der Waals surface area contributed by atoms with Crippen molar-refractivity contribution >= 4 is 27.6 Å². The van der Waals surface area contributed by atoms with E-state index in [1.54, 1.807) is 6.26 Å². The smallest absolute Gasteiger partial charge is 0.142 e. The van der Waals surface area contributed by atoms with Gasteiger partial charge >= 0.3 is 0 Å². The molecule has 0 aliphatic rings. The van der Waals surface area contributed by atoms with E-state index in [1.807, 2.05) is 18.2 Å². The van der Waals surface area contributed by atoms with E-state index in [2.05, 4.69) is 158 Å². The van der Waals surface area contributed by atoms with Crippen LogP contribution in [0, 0.1) is 0 Å². The number of benzene rings is 7. The van der Waals surface area contributed by atoms with Crippen molar-refractivity contribution in [3.05, 3.63) is 211 Å². The van der Waals surface area contributed by atoms with Gasteiger partial charge in [0.05, 0.1) is 17.9 Å². The first kappa shape index (κ1) is 27.9. The molecule has 0 bridgehead atoms. The zero-order valence-corrected chi connectivity index (χ0v) is 24.8. The third-order valence-corrected chi connectivity index (χ3v) is 8.41. The molecule has 0 aliphatic heterocycles. The molecule has 0 radical (unpaired) electrons. The second-order valence-electron chi connectivity index (χ2n) is 11.0. The van der Waals surface area contributed by atoms with Crippen LogP contribution in [0.25, 0.3) is 27.6 Å². The van der Waals surface area contributed by atoms with E-state index >= 15 is 0 Å². The first-order chi connectivity index (χ1) is 22.3. The number of hydrogen-bond donors (Lipinski definition) is 0. The summed E-state index contributed by atoms with van der Waals surface area (Å²) in [5, 5.41) is 4.32. The molecule has 0 aromatic heterocycles. The summed E-state index contributed by atoms with van der Waals surface area (Å²) in [5.41, 5.74) is 5.35. The van der Waals surface area contributed by atoms with Gasteiger partial charge in [-0.05, 0) is 68.9 Å². The minimum absolute atomic E-state index is 0.485.